The van der Waals surface area contributed by atoms with Crippen molar-refractivity contribution in [1.29, 1.82) is 0 Å². The molecule has 148 valence electrons. The van der Waals surface area contributed by atoms with Gasteiger partial charge in [-0.3, -0.25) is 4.79 Å². The van der Waals surface area contributed by atoms with Crippen molar-refractivity contribution in [1.82, 2.24) is 4.72 Å². The van der Waals surface area contributed by atoms with Gasteiger partial charge in [-0.2, -0.15) is 0 Å². The second-order valence-electron chi connectivity index (χ2n) is 7.88. The minimum absolute atomic E-state index is 0.0784. The molecule has 2 aromatic rings. The Morgan fingerprint density at radius 2 is 1.96 bits per heavy atom. The van der Waals surface area contributed by atoms with Crippen LogP contribution >= 0.6 is 0 Å². The lowest BCUT2D eigenvalue weighted by Crippen LogP contribution is -2.33. The molecule has 0 saturated heterocycles. The first-order valence-electron chi connectivity index (χ1n) is 9.91. The number of carbonyl (C=O) groups is 1. The Balaban J connectivity index is 1.54. The summed E-state index contributed by atoms with van der Waals surface area (Å²) in [6.07, 6.45) is 3.23. The predicted octanol–water partition coefficient (Wildman–Crippen LogP) is 3.38. The van der Waals surface area contributed by atoms with Crippen molar-refractivity contribution in [2.75, 3.05) is 11.4 Å². The van der Waals surface area contributed by atoms with Crippen LogP contribution in [0.5, 0.6) is 0 Å². The first-order valence-corrected chi connectivity index (χ1v) is 11.4. The molecule has 0 aromatic heterocycles. The number of rotatable bonds is 6. The normalized spacial score (nSPS) is 19.6. The molecule has 2 aliphatic rings. The topological polar surface area (TPSA) is 66.5 Å². The van der Waals surface area contributed by atoms with E-state index in [1.54, 1.807) is 12.1 Å². The number of sulfonamides is 1. The number of anilines is 1. The zero-order valence-corrected chi connectivity index (χ0v) is 17.1. The summed E-state index contributed by atoms with van der Waals surface area (Å²) in [7, 11) is -3.63. The Morgan fingerprint density at radius 3 is 2.71 bits per heavy atom. The summed E-state index contributed by atoms with van der Waals surface area (Å²) in [6.45, 7) is 4.48. The molecule has 0 radical (unpaired) electrons. The molecule has 0 spiro atoms. The van der Waals surface area contributed by atoms with Gasteiger partial charge in [0.2, 0.25) is 15.9 Å². The molecule has 0 aliphatic carbocycles. The van der Waals surface area contributed by atoms with Gasteiger partial charge in [-0.15, -0.1) is 0 Å². The Labute approximate surface area is 166 Å². The summed E-state index contributed by atoms with van der Waals surface area (Å²) in [5.74, 6) is -0.202. The van der Waals surface area contributed by atoms with E-state index in [0.717, 1.165) is 49.0 Å². The van der Waals surface area contributed by atoms with E-state index < -0.39 is 10.0 Å². The van der Waals surface area contributed by atoms with Crippen LogP contribution in [0.2, 0.25) is 0 Å². The summed E-state index contributed by atoms with van der Waals surface area (Å²) >= 11 is 0. The second kappa shape index (κ2) is 7.33. The third-order valence-electron chi connectivity index (χ3n) is 5.77. The summed E-state index contributed by atoms with van der Waals surface area (Å²) in [5, 5.41) is 0. The van der Waals surface area contributed by atoms with Crippen LogP contribution in [0.3, 0.4) is 0 Å². The number of aryl methyl sites for hydroxylation is 2. The highest BCUT2D eigenvalue weighted by Gasteiger charge is 2.38. The van der Waals surface area contributed by atoms with E-state index in [-0.39, 0.29) is 22.8 Å². The lowest BCUT2D eigenvalue weighted by molar-refractivity contribution is -0.119. The minimum Gasteiger partial charge on any atom is -0.311 e. The van der Waals surface area contributed by atoms with Crippen molar-refractivity contribution < 1.29 is 13.2 Å². The lowest BCUT2D eigenvalue weighted by Gasteiger charge is -2.26. The van der Waals surface area contributed by atoms with E-state index in [4.69, 9.17) is 0 Å². The van der Waals surface area contributed by atoms with Crippen LogP contribution in [0, 0.1) is 0 Å². The lowest BCUT2D eigenvalue weighted by atomic mass is 9.97. The fourth-order valence-corrected chi connectivity index (χ4v) is 5.60. The smallest absolute Gasteiger partial charge is 0.240 e. The van der Waals surface area contributed by atoms with Gasteiger partial charge in [0.05, 0.1) is 16.5 Å². The zero-order chi connectivity index (χ0) is 19.9. The molecular formula is C22H26N2O3S. The van der Waals surface area contributed by atoms with Gasteiger partial charge in [-0.05, 0) is 68.4 Å². The first-order chi connectivity index (χ1) is 13.4. The number of amides is 1. The molecule has 0 fully saturated rings. The second-order valence-corrected chi connectivity index (χ2v) is 9.60. The average molecular weight is 399 g/mol. The highest BCUT2D eigenvalue weighted by molar-refractivity contribution is 7.89. The summed E-state index contributed by atoms with van der Waals surface area (Å²) in [5.41, 5.74) is 3.96. The van der Waals surface area contributed by atoms with Gasteiger partial charge in [-0.25, -0.2) is 13.1 Å². The van der Waals surface area contributed by atoms with Crippen molar-refractivity contribution in [2.24, 2.45) is 0 Å². The standard InChI is InChI=1S/C22H26N2O3S/c1-15(10-11-17-7-4-3-5-8-17)23-28(26,27)19-13-18-9-6-12-24-21(18)20(14-19)16(2)22(24)25/h3-5,7-8,13-16,23H,6,9-12H2,1-2H3/t15-,16+/m0/s1. The quantitative estimate of drug-likeness (QED) is 0.811. The van der Waals surface area contributed by atoms with Crippen LogP contribution in [0.25, 0.3) is 0 Å². The molecule has 0 bridgehead atoms. The maximum absolute atomic E-state index is 13.0. The van der Waals surface area contributed by atoms with Crippen molar-refractivity contribution in [2.45, 2.75) is 56.4 Å². The van der Waals surface area contributed by atoms with E-state index in [1.165, 1.54) is 5.56 Å². The monoisotopic (exact) mass is 398 g/mol. The first kappa shape index (κ1) is 19.2. The Morgan fingerprint density at radius 1 is 1.21 bits per heavy atom. The fourth-order valence-electron chi connectivity index (χ4n) is 4.24. The highest BCUT2D eigenvalue weighted by atomic mass is 32.2. The molecule has 2 aromatic carbocycles. The van der Waals surface area contributed by atoms with E-state index in [9.17, 15) is 13.2 Å². The Bertz CT molecular complexity index is 1000. The maximum atomic E-state index is 13.0. The van der Waals surface area contributed by atoms with Crippen LogP contribution in [0.1, 0.15) is 49.3 Å². The van der Waals surface area contributed by atoms with Crippen LogP contribution < -0.4 is 9.62 Å². The number of hydrogen-bond donors (Lipinski definition) is 1. The molecule has 0 unspecified atom stereocenters. The third kappa shape index (κ3) is 3.47. The van der Waals surface area contributed by atoms with Gasteiger partial charge in [0.25, 0.3) is 0 Å². The van der Waals surface area contributed by atoms with Gasteiger partial charge < -0.3 is 4.90 Å². The van der Waals surface area contributed by atoms with Crippen LogP contribution in [0.4, 0.5) is 5.69 Å². The molecule has 1 amide bonds. The summed E-state index contributed by atoms with van der Waals surface area (Å²) in [4.78, 5) is 14.6. The van der Waals surface area contributed by atoms with Crippen molar-refractivity contribution in [3.05, 3.63) is 59.2 Å². The van der Waals surface area contributed by atoms with Crippen molar-refractivity contribution in [3.8, 4) is 0 Å². The number of hydrogen-bond acceptors (Lipinski definition) is 3. The molecule has 5 nitrogen and oxygen atoms in total. The Kier molecular flexibility index (Phi) is 5.02. The van der Waals surface area contributed by atoms with Crippen molar-refractivity contribution >= 4 is 21.6 Å². The SMILES string of the molecule is C[C@@H](CCc1ccccc1)NS(=O)(=O)c1cc2c3c(c1)[C@@H](C)C(=O)N3CCC2. The van der Waals surface area contributed by atoms with E-state index in [1.807, 2.05) is 36.9 Å². The van der Waals surface area contributed by atoms with E-state index in [2.05, 4.69) is 16.9 Å². The molecule has 0 saturated carbocycles. The number of benzene rings is 2. The molecule has 2 heterocycles. The molecule has 2 atom stereocenters. The molecule has 6 heteroatoms. The number of carbonyl (C=O) groups excluding carboxylic acids is 1. The average Bonchev–Trinajstić information content (AvgIpc) is 2.93. The minimum atomic E-state index is -3.63. The van der Waals surface area contributed by atoms with Crippen LogP contribution in [-0.2, 0) is 27.7 Å². The van der Waals surface area contributed by atoms with Gasteiger partial charge in [0.15, 0.2) is 0 Å². The van der Waals surface area contributed by atoms with E-state index in [0.29, 0.717) is 0 Å². The molecule has 28 heavy (non-hydrogen) atoms. The van der Waals surface area contributed by atoms with Gasteiger partial charge in [0.1, 0.15) is 0 Å². The van der Waals surface area contributed by atoms with Crippen LogP contribution in [-0.4, -0.2) is 26.9 Å². The third-order valence-corrected chi connectivity index (χ3v) is 7.34. The van der Waals surface area contributed by atoms with E-state index >= 15 is 0 Å². The Hall–Kier alpha value is -2.18. The highest BCUT2D eigenvalue weighted by Crippen LogP contribution is 2.43. The van der Waals surface area contributed by atoms with Gasteiger partial charge >= 0.3 is 0 Å². The van der Waals surface area contributed by atoms with Gasteiger partial charge in [-0.1, -0.05) is 30.3 Å². The zero-order valence-electron chi connectivity index (χ0n) is 16.3. The predicted molar refractivity (Wildman–Crippen MR) is 110 cm³/mol. The molecule has 4 rings (SSSR count). The number of nitrogens with one attached hydrogen (secondary N) is 1. The summed E-state index contributed by atoms with van der Waals surface area (Å²) in [6, 6.07) is 13.3. The maximum Gasteiger partial charge on any atom is 0.240 e. The van der Waals surface area contributed by atoms with Crippen molar-refractivity contribution in [3.63, 3.8) is 0 Å². The molecule has 2 aliphatic heterocycles. The van der Waals surface area contributed by atoms with Gasteiger partial charge in [0, 0.05) is 12.6 Å². The van der Waals surface area contributed by atoms with Crippen LogP contribution in [0.15, 0.2) is 47.4 Å². The number of nitrogens with zero attached hydrogens (tertiary/aromatic N) is 1. The summed E-state index contributed by atoms with van der Waals surface area (Å²) < 4.78 is 28.8. The largest absolute Gasteiger partial charge is 0.311 e. The molecule has 1 N–H and O–H groups in total. The molecular weight excluding hydrogens is 372 g/mol. The fraction of sp³-hybridized carbons (Fsp3) is 0.409.